The molecule has 0 bridgehead atoms. The third-order valence-electron chi connectivity index (χ3n) is 2.36. The number of amides is 3. The van der Waals surface area contributed by atoms with Gasteiger partial charge in [-0.1, -0.05) is 0 Å². The minimum atomic E-state index is -1.35. The molecular formula is C12H15N3O4S. The van der Waals surface area contributed by atoms with Gasteiger partial charge in [-0.2, -0.15) is 0 Å². The molecular weight excluding hydrogens is 282 g/mol. The maximum atomic E-state index is 11.6. The highest BCUT2D eigenvalue weighted by atomic mass is 32.2. The van der Waals surface area contributed by atoms with E-state index in [1.165, 1.54) is 0 Å². The van der Waals surface area contributed by atoms with Crippen molar-refractivity contribution in [1.82, 2.24) is 5.32 Å². The topological polar surface area (TPSA) is 122 Å². The van der Waals surface area contributed by atoms with Crippen LogP contribution >= 0.6 is 11.8 Å². The standard InChI is InChI=1S/C12H15N3O4S/c1-20-8-4-2-7(3-5-8)14-12(19)15-9(11(17)18)6-10(13)16/h2-5,9H,6H2,1H3,(H2,13,16)(H,17,18)(H2,14,15,19)/t9-/m1/s1. The number of nitrogens with one attached hydrogen (secondary N) is 2. The summed E-state index contributed by atoms with van der Waals surface area (Å²) in [5.41, 5.74) is 5.43. The second-order valence-corrected chi connectivity index (χ2v) is 4.77. The summed E-state index contributed by atoms with van der Waals surface area (Å²) in [4.78, 5) is 34.2. The lowest BCUT2D eigenvalue weighted by molar-refractivity contribution is -0.140. The van der Waals surface area contributed by atoms with Crippen molar-refractivity contribution in [2.24, 2.45) is 5.73 Å². The number of anilines is 1. The number of hydrogen-bond acceptors (Lipinski definition) is 4. The average Bonchev–Trinajstić information content (AvgIpc) is 2.38. The molecule has 1 aromatic rings. The number of nitrogens with two attached hydrogens (primary N) is 1. The molecule has 0 aliphatic heterocycles. The smallest absolute Gasteiger partial charge is 0.326 e. The van der Waals surface area contributed by atoms with Crippen molar-refractivity contribution in [2.45, 2.75) is 17.4 Å². The first kappa shape index (κ1) is 15.8. The van der Waals surface area contributed by atoms with Crippen LogP contribution in [0.2, 0.25) is 0 Å². The van der Waals surface area contributed by atoms with E-state index < -0.39 is 30.4 Å². The molecule has 0 spiro atoms. The Morgan fingerprint density at radius 2 is 1.90 bits per heavy atom. The van der Waals surface area contributed by atoms with Crippen molar-refractivity contribution in [3.63, 3.8) is 0 Å². The lowest BCUT2D eigenvalue weighted by Crippen LogP contribution is -2.45. The highest BCUT2D eigenvalue weighted by Gasteiger charge is 2.21. The molecule has 20 heavy (non-hydrogen) atoms. The average molecular weight is 297 g/mol. The number of primary amides is 1. The van der Waals surface area contributed by atoms with Gasteiger partial charge in [0.25, 0.3) is 0 Å². The Kier molecular flexibility index (Phi) is 5.85. The van der Waals surface area contributed by atoms with Gasteiger partial charge < -0.3 is 21.5 Å². The molecule has 7 nitrogen and oxygen atoms in total. The van der Waals surface area contributed by atoms with E-state index in [0.717, 1.165) is 4.90 Å². The van der Waals surface area contributed by atoms with E-state index in [-0.39, 0.29) is 0 Å². The van der Waals surface area contributed by atoms with Gasteiger partial charge in [-0.25, -0.2) is 9.59 Å². The molecule has 0 saturated carbocycles. The first-order valence-electron chi connectivity index (χ1n) is 5.65. The van der Waals surface area contributed by atoms with Crippen molar-refractivity contribution in [3.8, 4) is 0 Å². The van der Waals surface area contributed by atoms with Gasteiger partial charge in [-0.15, -0.1) is 11.8 Å². The van der Waals surface area contributed by atoms with E-state index in [0.29, 0.717) is 5.69 Å². The number of carbonyl (C=O) groups is 3. The van der Waals surface area contributed by atoms with Gasteiger partial charge in [-0.3, -0.25) is 4.79 Å². The zero-order chi connectivity index (χ0) is 15.1. The Morgan fingerprint density at radius 1 is 1.30 bits per heavy atom. The number of aliphatic carboxylic acids is 1. The van der Waals surface area contributed by atoms with Crippen LogP contribution in [0.25, 0.3) is 0 Å². The summed E-state index contributed by atoms with van der Waals surface area (Å²) in [6.07, 6.45) is 1.46. The fourth-order valence-electron chi connectivity index (χ4n) is 1.40. The molecule has 1 atom stereocenters. The number of urea groups is 1. The molecule has 0 aromatic heterocycles. The van der Waals surface area contributed by atoms with E-state index in [4.69, 9.17) is 10.8 Å². The third kappa shape index (κ3) is 5.19. The van der Waals surface area contributed by atoms with Crippen LogP contribution in [0.1, 0.15) is 6.42 Å². The van der Waals surface area contributed by atoms with Gasteiger partial charge >= 0.3 is 12.0 Å². The van der Waals surface area contributed by atoms with E-state index in [2.05, 4.69) is 10.6 Å². The molecule has 108 valence electrons. The van der Waals surface area contributed by atoms with Gasteiger partial charge in [0.2, 0.25) is 5.91 Å². The highest BCUT2D eigenvalue weighted by Crippen LogP contribution is 2.17. The van der Waals surface area contributed by atoms with Crippen molar-refractivity contribution < 1.29 is 19.5 Å². The van der Waals surface area contributed by atoms with Crippen LogP contribution in [0, 0.1) is 0 Å². The predicted octanol–water partition coefficient (Wildman–Crippen LogP) is 0.859. The number of benzene rings is 1. The predicted molar refractivity (Wildman–Crippen MR) is 75.6 cm³/mol. The molecule has 0 aliphatic rings. The molecule has 0 fully saturated rings. The van der Waals surface area contributed by atoms with E-state index in [9.17, 15) is 14.4 Å². The number of rotatable bonds is 6. The fourth-order valence-corrected chi connectivity index (χ4v) is 1.81. The molecule has 8 heteroatoms. The molecule has 0 saturated heterocycles. The maximum Gasteiger partial charge on any atom is 0.326 e. The van der Waals surface area contributed by atoms with E-state index in [1.807, 2.05) is 18.4 Å². The molecule has 1 aromatic carbocycles. The Morgan fingerprint density at radius 3 is 2.35 bits per heavy atom. The van der Waals surface area contributed by atoms with Crippen LogP contribution in [0.5, 0.6) is 0 Å². The van der Waals surface area contributed by atoms with Crippen LogP contribution in [-0.4, -0.2) is 35.3 Å². The zero-order valence-electron chi connectivity index (χ0n) is 10.8. The van der Waals surface area contributed by atoms with Gasteiger partial charge in [0.1, 0.15) is 6.04 Å². The van der Waals surface area contributed by atoms with Crippen LogP contribution in [-0.2, 0) is 9.59 Å². The normalized spacial score (nSPS) is 11.4. The minimum Gasteiger partial charge on any atom is -0.480 e. The van der Waals surface area contributed by atoms with Crippen molar-refractivity contribution in [3.05, 3.63) is 24.3 Å². The molecule has 3 amide bonds. The molecule has 0 aliphatic carbocycles. The Bertz CT molecular complexity index is 504. The molecule has 5 N–H and O–H groups in total. The number of thioether (sulfide) groups is 1. The van der Waals surface area contributed by atoms with E-state index >= 15 is 0 Å². The van der Waals surface area contributed by atoms with Crippen LogP contribution in [0.4, 0.5) is 10.5 Å². The second-order valence-electron chi connectivity index (χ2n) is 3.89. The zero-order valence-corrected chi connectivity index (χ0v) is 11.6. The fraction of sp³-hybridized carbons (Fsp3) is 0.250. The van der Waals surface area contributed by atoms with Gasteiger partial charge in [0, 0.05) is 10.6 Å². The lowest BCUT2D eigenvalue weighted by Gasteiger charge is -2.13. The SMILES string of the molecule is CSc1ccc(NC(=O)N[C@H](CC(N)=O)C(=O)O)cc1. The quantitative estimate of drug-likeness (QED) is 0.580. The lowest BCUT2D eigenvalue weighted by atomic mass is 10.2. The summed E-state index contributed by atoms with van der Waals surface area (Å²) in [6.45, 7) is 0. The summed E-state index contributed by atoms with van der Waals surface area (Å²) in [5.74, 6) is -2.13. The largest absolute Gasteiger partial charge is 0.480 e. The maximum absolute atomic E-state index is 11.6. The summed E-state index contributed by atoms with van der Waals surface area (Å²) in [6, 6.07) is 4.95. The number of carboxylic acid groups (broad SMARTS) is 1. The van der Waals surface area contributed by atoms with Gasteiger partial charge in [0.05, 0.1) is 6.42 Å². The Balaban J connectivity index is 2.60. The van der Waals surface area contributed by atoms with E-state index in [1.54, 1.807) is 23.9 Å². The van der Waals surface area contributed by atoms with Gasteiger partial charge in [0.15, 0.2) is 0 Å². The van der Waals surface area contributed by atoms with Crippen molar-refractivity contribution in [1.29, 1.82) is 0 Å². The minimum absolute atomic E-state index is 0.464. The van der Waals surface area contributed by atoms with Crippen molar-refractivity contribution in [2.75, 3.05) is 11.6 Å². The summed E-state index contributed by atoms with van der Waals surface area (Å²) >= 11 is 1.56. The second kappa shape index (κ2) is 7.39. The summed E-state index contributed by atoms with van der Waals surface area (Å²) < 4.78 is 0. The highest BCUT2D eigenvalue weighted by molar-refractivity contribution is 7.98. The monoisotopic (exact) mass is 297 g/mol. The summed E-state index contributed by atoms with van der Waals surface area (Å²) in [5, 5.41) is 13.5. The van der Waals surface area contributed by atoms with Gasteiger partial charge in [-0.05, 0) is 30.5 Å². The summed E-state index contributed by atoms with van der Waals surface area (Å²) in [7, 11) is 0. The number of carbonyl (C=O) groups excluding carboxylic acids is 2. The Hall–Kier alpha value is -2.22. The first-order valence-corrected chi connectivity index (χ1v) is 6.87. The first-order chi connectivity index (χ1) is 9.42. The number of hydrogen-bond donors (Lipinski definition) is 4. The molecule has 0 unspecified atom stereocenters. The molecule has 0 heterocycles. The third-order valence-corrected chi connectivity index (χ3v) is 3.10. The van der Waals surface area contributed by atoms with Crippen LogP contribution in [0.15, 0.2) is 29.2 Å². The van der Waals surface area contributed by atoms with Crippen LogP contribution in [0.3, 0.4) is 0 Å². The molecule has 0 radical (unpaired) electrons. The van der Waals surface area contributed by atoms with Crippen LogP contribution < -0.4 is 16.4 Å². The molecule has 1 rings (SSSR count). The number of carboxylic acids is 1. The Labute approximate surface area is 119 Å². The van der Waals surface area contributed by atoms with Crippen molar-refractivity contribution >= 4 is 35.4 Å².